The third-order valence-corrected chi connectivity index (χ3v) is 2.61. The Bertz CT molecular complexity index is 628. The second kappa shape index (κ2) is 5.54. The van der Waals surface area contributed by atoms with Crippen molar-refractivity contribution in [1.82, 2.24) is 20.6 Å². The monoisotopic (exact) mass is 304 g/mol. The van der Waals surface area contributed by atoms with E-state index in [-0.39, 0.29) is 18.8 Å². The van der Waals surface area contributed by atoms with Crippen molar-refractivity contribution < 1.29 is 27.0 Å². The van der Waals surface area contributed by atoms with Crippen LogP contribution in [-0.2, 0) is 12.6 Å². The summed E-state index contributed by atoms with van der Waals surface area (Å²) in [6, 6.07) is 0. The number of nitrogens with zero attached hydrogens (tertiary/aromatic N) is 3. The number of carbonyl (C=O) groups is 1. The molecule has 2 aromatic heterocycles. The first-order valence-corrected chi connectivity index (χ1v) is 5.90. The number of carbonyl (C=O) groups excluding carboxylic acids is 1. The topological polar surface area (TPSA) is 94.1 Å². The van der Waals surface area contributed by atoms with Gasteiger partial charge in [-0.1, -0.05) is 10.3 Å². The van der Waals surface area contributed by atoms with Crippen molar-refractivity contribution in [3.05, 3.63) is 28.7 Å². The smallest absolute Gasteiger partial charge is 0.361 e. The highest BCUT2D eigenvalue weighted by Gasteiger charge is 2.38. The number of hydrogen-bond acceptors (Lipinski definition) is 6. The van der Waals surface area contributed by atoms with Gasteiger partial charge in [0.15, 0.2) is 5.82 Å². The molecule has 1 amide bonds. The molecule has 0 saturated heterocycles. The van der Waals surface area contributed by atoms with E-state index in [1.54, 1.807) is 13.8 Å². The van der Waals surface area contributed by atoms with Gasteiger partial charge in [0.05, 0.1) is 5.69 Å². The number of rotatable bonds is 4. The summed E-state index contributed by atoms with van der Waals surface area (Å²) >= 11 is 0. The van der Waals surface area contributed by atoms with Crippen molar-refractivity contribution >= 4 is 5.91 Å². The van der Waals surface area contributed by atoms with Crippen LogP contribution in [0.25, 0.3) is 0 Å². The molecular formula is C11H11F3N4O3. The van der Waals surface area contributed by atoms with Crippen LogP contribution in [0.3, 0.4) is 0 Å². The maximum Gasteiger partial charge on any atom is 0.471 e. The predicted molar refractivity (Wildman–Crippen MR) is 61.3 cm³/mol. The number of hydrogen-bond donors (Lipinski definition) is 1. The molecule has 0 aliphatic carbocycles. The molecule has 0 fully saturated rings. The van der Waals surface area contributed by atoms with Crippen LogP contribution in [0, 0.1) is 13.8 Å². The van der Waals surface area contributed by atoms with Gasteiger partial charge in [-0.3, -0.25) is 4.79 Å². The molecule has 21 heavy (non-hydrogen) atoms. The second-order valence-corrected chi connectivity index (χ2v) is 4.22. The van der Waals surface area contributed by atoms with E-state index in [2.05, 4.69) is 25.1 Å². The van der Waals surface area contributed by atoms with E-state index >= 15 is 0 Å². The van der Waals surface area contributed by atoms with Crippen molar-refractivity contribution in [2.24, 2.45) is 0 Å². The maximum atomic E-state index is 12.2. The molecule has 0 aliphatic heterocycles. The average Bonchev–Trinajstić information content (AvgIpc) is 2.96. The number of nitrogens with one attached hydrogen (secondary N) is 1. The van der Waals surface area contributed by atoms with Crippen molar-refractivity contribution in [3.63, 3.8) is 0 Å². The third kappa shape index (κ3) is 3.38. The summed E-state index contributed by atoms with van der Waals surface area (Å²) in [4.78, 5) is 15.0. The van der Waals surface area contributed by atoms with E-state index in [4.69, 9.17) is 4.52 Å². The Labute approximate surface area is 116 Å². The maximum absolute atomic E-state index is 12.2. The molecule has 7 nitrogen and oxygen atoms in total. The number of halogens is 3. The Hall–Kier alpha value is -2.39. The lowest BCUT2D eigenvalue weighted by atomic mass is 10.2. The summed E-state index contributed by atoms with van der Waals surface area (Å²) < 4.78 is 45.6. The molecule has 0 radical (unpaired) electrons. The Morgan fingerprint density at radius 1 is 1.24 bits per heavy atom. The average molecular weight is 304 g/mol. The lowest BCUT2D eigenvalue weighted by Crippen LogP contribution is -2.26. The molecule has 0 saturated carbocycles. The Morgan fingerprint density at radius 3 is 2.48 bits per heavy atom. The van der Waals surface area contributed by atoms with E-state index in [0.29, 0.717) is 17.0 Å². The molecule has 0 atom stereocenters. The number of aromatic nitrogens is 3. The minimum Gasteiger partial charge on any atom is -0.361 e. The van der Waals surface area contributed by atoms with Crippen LogP contribution < -0.4 is 5.32 Å². The third-order valence-electron chi connectivity index (χ3n) is 2.61. The minimum absolute atomic E-state index is 0.00863. The molecule has 114 valence electrons. The van der Waals surface area contributed by atoms with E-state index in [1.807, 2.05) is 0 Å². The van der Waals surface area contributed by atoms with Crippen LogP contribution in [0.15, 0.2) is 9.05 Å². The van der Waals surface area contributed by atoms with Gasteiger partial charge in [0.2, 0.25) is 0 Å². The van der Waals surface area contributed by atoms with Gasteiger partial charge in [-0.2, -0.15) is 18.2 Å². The fraction of sp³-hybridized carbons (Fsp3) is 0.455. The lowest BCUT2D eigenvalue weighted by molar-refractivity contribution is -0.159. The Kier molecular flexibility index (Phi) is 3.96. The van der Waals surface area contributed by atoms with Gasteiger partial charge in [-0.15, -0.1) is 0 Å². The summed E-state index contributed by atoms with van der Waals surface area (Å²) in [5, 5.41) is 9.34. The van der Waals surface area contributed by atoms with Gasteiger partial charge in [0, 0.05) is 13.0 Å². The lowest BCUT2D eigenvalue weighted by Gasteiger charge is -2.02. The van der Waals surface area contributed by atoms with Crippen molar-refractivity contribution in [2.75, 3.05) is 6.54 Å². The Balaban J connectivity index is 1.90. The van der Waals surface area contributed by atoms with Crippen LogP contribution in [0.2, 0.25) is 0 Å². The van der Waals surface area contributed by atoms with Crippen LogP contribution in [0.5, 0.6) is 0 Å². The predicted octanol–water partition coefficient (Wildman–Crippen LogP) is 1.67. The molecule has 0 aromatic carbocycles. The van der Waals surface area contributed by atoms with Gasteiger partial charge >= 0.3 is 12.1 Å². The quantitative estimate of drug-likeness (QED) is 0.923. The van der Waals surface area contributed by atoms with Crippen molar-refractivity contribution in [3.8, 4) is 0 Å². The van der Waals surface area contributed by atoms with Crippen LogP contribution >= 0.6 is 0 Å². The minimum atomic E-state index is -4.68. The zero-order valence-electron chi connectivity index (χ0n) is 11.1. The Morgan fingerprint density at radius 2 is 1.95 bits per heavy atom. The zero-order chi connectivity index (χ0) is 15.6. The highest BCUT2D eigenvalue weighted by Crippen LogP contribution is 2.27. The molecule has 0 aliphatic rings. The molecule has 2 aromatic rings. The fourth-order valence-corrected chi connectivity index (χ4v) is 1.65. The zero-order valence-corrected chi connectivity index (χ0v) is 11.1. The molecular weight excluding hydrogens is 293 g/mol. The molecule has 10 heteroatoms. The van der Waals surface area contributed by atoms with Gasteiger partial charge in [-0.05, 0) is 13.8 Å². The van der Waals surface area contributed by atoms with Crippen molar-refractivity contribution in [2.45, 2.75) is 26.4 Å². The molecule has 0 unspecified atom stereocenters. The standard InChI is InChI=1S/C11H11F3N4O3/c1-5-8(6(2)20-17-5)9(19)15-4-3-7-16-10(21-18-7)11(12,13)14/h3-4H2,1-2H3,(H,15,19). The van der Waals surface area contributed by atoms with Crippen LogP contribution in [0.4, 0.5) is 13.2 Å². The molecule has 0 bridgehead atoms. The van der Waals surface area contributed by atoms with Gasteiger partial charge in [0.1, 0.15) is 11.3 Å². The first-order valence-electron chi connectivity index (χ1n) is 5.90. The summed E-state index contributed by atoms with van der Waals surface area (Å²) in [6.07, 6.45) is -4.67. The van der Waals surface area contributed by atoms with Crippen LogP contribution in [0.1, 0.15) is 33.5 Å². The number of aryl methyl sites for hydroxylation is 2. The van der Waals surface area contributed by atoms with E-state index in [0.717, 1.165) is 0 Å². The molecule has 0 spiro atoms. The highest BCUT2D eigenvalue weighted by atomic mass is 19.4. The van der Waals surface area contributed by atoms with E-state index in [9.17, 15) is 18.0 Å². The molecule has 1 N–H and O–H groups in total. The van der Waals surface area contributed by atoms with Crippen molar-refractivity contribution in [1.29, 1.82) is 0 Å². The largest absolute Gasteiger partial charge is 0.471 e. The first-order chi connectivity index (χ1) is 9.79. The molecule has 2 heterocycles. The first kappa shape index (κ1) is 15.0. The number of alkyl halides is 3. The summed E-state index contributed by atoms with van der Waals surface area (Å²) in [5.74, 6) is -1.61. The van der Waals surface area contributed by atoms with E-state index in [1.165, 1.54) is 0 Å². The second-order valence-electron chi connectivity index (χ2n) is 4.22. The van der Waals surface area contributed by atoms with Crippen LogP contribution in [-0.4, -0.2) is 27.7 Å². The molecule has 2 rings (SSSR count). The van der Waals surface area contributed by atoms with Gasteiger partial charge < -0.3 is 14.4 Å². The summed E-state index contributed by atoms with van der Waals surface area (Å²) in [5.41, 5.74) is 0.739. The number of amides is 1. The van der Waals surface area contributed by atoms with Gasteiger partial charge in [-0.25, -0.2) is 0 Å². The van der Waals surface area contributed by atoms with Gasteiger partial charge in [0.25, 0.3) is 5.91 Å². The normalized spacial score (nSPS) is 11.7. The van der Waals surface area contributed by atoms with E-state index < -0.39 is 18.0 Å². The summed E-state index contributed by atoms with van der Waals surface area (Å²) in [7, 11) is 0. The SMILES string of the molecule is Cc1noc(C)c1C(=O)NCCc1noc(C(F)(F)F)n1. The highest BCUT2D eigenvalue weighted by molar-refractivity contribution is 5.96. The summed E-state index contributed by atoms with van der Waals surface area (Å²) in [6.45, 7) is 3.25. The fourth-order valence-electron chi connectivity index (χ4n) is 1.65.